The van der Waals surface area contributed by atoms with Gasteiger partial charge in [0, 0.05) is 5.56 Å². The highest BCUT2D eigenvalue weighted by atomic mass is 35.5. The lowest BCUT2D eigenvalue weighted by molar-refractivity contribution is 0.452. The SMILES string of the molecule is CCC(N)c1nnc(-c2ccc(Cl)c(Cl)c2)o1. The fourth-order valence-corrected chi connectivity index (χ4v) is 1.60. The lowest BCUT2D eigenvalue weighted by Crippen LogP contribution is -2.08. The fourth-order valence-electron chi connectivity index (χ4n) is 1.30. The zero-order valence-corrected chi connectivity index (χ0v) is 10.7. The summed E-state index contributed by atoms with van der Waals surface area (Å²) in [6.07, 6.45) is 0.739. The van der Waals surface area contributed by atoms with Crippen LogP contribution in [0.15, 0.2) is 22.6 Å². The Morgan fingerprint density at radius 1 is 1.29 bits per heavy atom. The van der Waals surface area contributed by atoms with Gasteiger partial charge >= 0.3 is 0 Å². The van der Waals surface area contributed by atoms with Gasteiger partial charge in [0.1, 0.15) is 0 Å². The Hall–Kier alpha value is -1.10. The number of hydrogen-bond acceptors (Lipinski definition) is 4. The van der Waals surface area contributed by atoms with Gasteiger partial charge in [0.15, 0.2) is 0 Å². The first-order chi connectivity index (χ1) is 8.11. The molecule has 6 heteroatoms. The summed E-state index contributed by atoms with van der Waals surface area (Å²) < 4.78 is 5.47. The van der Waals surface area contributed by atoms with E-state index in [0.29, 0.717) is 21.8 Å². The van der Waals surface area contributed by atoms with Crippen LogP contribution >= 0.6 is 23.2 Å². The van der Waals surface area contributed by atoms with Crippen molar-refractivity contribution < 1.29 is 4.42 Å². The molecule has 0 aliphatic heterocycles. The van der Waals surface area contributed by atoms with E-state index in [0.717, 1.165) is 12.0 Å². The summed E-state index contributed by atoms with van der Waals surface area (Å²) in [5, 5.41) is 8.76. The smallest absolute Gasteiger partial charge is 0.247 e. The number of halogens is 2. The average Bonchev–Trinajstić information content (AvgIpc) is 2.81. The Morgan fingerprint density at radius 2 is 2.06 bits per heavy atom. The number of benzene rings is 1. The van der Waals surface area contributed by atoms with E-state index in [-0.39, 0.29) is 6.04 Å². The largest absolute Gasteiger partial charge is 0.419 e. The van der Waals surface area contributed by atoms with E-state index in [4.69, 9.17) is 33.4 Å². The first kappa shape index (κ1) is 12.4. The molecule has 2 rings (SSSR count). The third-order valence-corrected chi connectivity index (χ3v) is 3.10. The molecule has 2 aromatic rings. The van der Waals surface area contributed by atoms with Crippen molar-refractivity contribution in [3.8, 4) is 11.5 Å². The van der Waals surface area contributed by atoms with Crippen molar-refractivity contribution in [2.45, 2.75) is 19.4 Å². The Kier molecular flexibility index (Phi) is 3.66. The first-order valence-corrected chi connectivity index (χ1v) is 5.91. The lowest BCUT2D eigenvalue weighted by atomic mass is 10.2. The molecule has 1 atom stereocenters. The molecule has 0 radical (unpaired) electrons. The molecule has 1 aromatic carbocycles. The van der Waals surface area contributed by atoms with E-state index in [1.807, 2.05) is 6.92 Å². The summed E-state index contributed by atoms with van der Waals surface area (Å²) in [6.45, 7) is 1.95. The Morgan fingerprint density at radius 3 is 2.71 bits per heavy atom. The number of rotatable bonds is 3. The number of nitrogens with zero attached hydrogens (tertiary/aromatic N) is 2. The monoisotopic (exact) mass is 271 g/mol. The zero-order chi connectivity index (χ0) is 12.4. The van der Waals surface area contributed by atoms with E-state index in [1.54, 1.807) is 18.2 Å². The van der Waals surface area contributed by atoms with Crippen molar-refractivity contribution >= 4 is 23.2 Å². The van der Waals surface area contributed by atoms with Crippen LogP contribution in [0, 0.1) is 0 Å². The summed E-state index contributed by atoms with van der Waals surface area (Å²) in [7, 11) is 0. The van der Waals surface area contributed by atoms with Crippen molar-refractivity contribution in [1.82, 2.24) is 10.2 Å². The molecule has 1 unspecified atom stereocenters. The maximum Gasteiger partial charge on any atom is 0.247 e. The molecule has 0 fully saturated rings. The van der Waals surface area contributed by atoms with Crippen LogP contribution in [0.1, 0.15) is 25.3 Å². The van der Waals surface area contributed by atoms with E-state index in [2.05, 4.69) is 10.2 Å². The lowest BCUT2D eigenvalue weighted by Gasteiger charge is -2.01. The van der Waals surface area contributed by atoms with Crippen LogP contribution in [0.4, 0.5) is 0 Å². The predicted molar refractivity (Wildman–Crippen MR) is 67.0 cm³/mol. The first-order valence-electron chi connectivity index (χ1n) is 5.16. The molecule has 0 aliphatic rings. The van der Waals surface area contributed by atoms with Gasteiger partial charge in [0.05, 0.1) is 16.1 Å². The minimum atomic E-state index is -0.237. The van der Waals surface area contributed by atoms with E-state index in [1.165, 1.54) is 0 Å². The second-order valence-electron chi connectivity index (χ2n) is 3.59. The number of nitrogens with two attached hydrogens (primary N) is 1. The van der Waals surface area contributed by atoms with E-state index >= 15 is 0 Å². The Bertz CT molecular complexity index is 527. The van der Waals surface area contributed by atoms with Crippen LogP contribution in [-0.4, -0.2) is 10.2 Å². The fraction of sp³-hybridized carbons (Fsp3) is 0.273. The van der Waals surface area contributed by atoms with Gasteiger partial charge < -0.3 is 10.2 Å². The molecule has 1 aromatic heterocycles. The minimum Gasteiger partial charge on any atom is -0.419 e. The van der Waals surface area contributed by atoms with Gasteiger partial charge in [-0.15, -0.1) is 10.2 Å². The zero-order valence-electron chi connectivity index (χ0n) is 9.15. The van der Waals surface area contributed by atoms with Crippen molar-refractivity contribution in [2.75, 3.05) is 0 Å². The Labute approximate surface area is 109 Å². The van der Waals surface area contributed by atoms with Crippen LogP contribution in [0.3, 0.4) is 0 Å². The predicted octanol–water partition coefficient (Wildman–Crippen LogP) is 3.45. The molecule has 0 spiro atoms. The van der Waals surface area contributed by atoms with Crippen LogP contribution in [0.5, 0.6) is 0 Å². The van der Waals surface area contributed by atoms with E-state index in [9.17, 15) is 0 Å². The van der Waals surface area contributed by atoms with Gasteiger partial charge in [0.25, 0.3) is 0 Å². The molecule has 2 N–H and O–H groups in total. The van der Waals surface area contributed by atoms with Gasteiger partial charge in [0.2, 0.25) is 11.8 Å². The summed E-state index contributed by atoms with van der Waals surface area (Å²) in [5.74, 6) is 0.816. The molecule has 0 aliphatic carbocycles. The molecule has 0 saturated carbocycles. The van der Waals surface area contributed by atoms with Gasteiger partial charge in [-0.3, -0.25) is 0 Å². The third-order valence-electron chi connectivity index (χ3n) is 2.36. The van der Waals surface area contributed by atoms with Gasteiger partial charge in [-0.25, -0.2) is 0 Å². The Balaban J connectivity index is 2.33. The molecular formula is C11H11Cl2N3O. The molecule has 0 bridgehead atoms. The van der Waals surface area contributed by atoms with Crippen molar-refractivity contribution in [1.29, 1.82) is 0 Å². The highest BCUT2D eigenvalue weighted by Crippen LogP contribution is 2.28. The maximum atomic E-state index is 5.91. The average molecular weight is 272 g/mol. The molecule has 90 valence electrons. The van der Waals surface area contributed by atoms with Crippen LogP contribution in [0.25, 0.3) is 11.5 Å². The van der Waals surface area contributed by atoms with Crippen molar-refractivity contribution in [2.24, 2.45) is 5.73 Å². The summed E-state index contributed by atoms with van der Waals surface area (Å²) in [5.41, 5.74) is 6.52. The summed E-state index contributed by atoms with van der Waals surface area (Å²) >= 11 is 11.7. The van der Waals surface area contributed by atoms with Crippen molar-refractivity contribution in [3.05, 3.63) is 34.1 Å². The quantitative estimate of drug-likeness (QED) is 0.929. The topological polar surface area (TPSA) is 64.9 Å². The van der Waals surface area contributed by atoms with Crippen molar-refractivity contribution in [3.63, 3.8) is 0 Å². The molecule has 4 nitrogen and oxygen atoms in total. The number of aromatic nitrogens is 2. The normalized spacial score (nSPS) is 12.7. The second-order valence-corrected chi connectivity index (χ2v) is 4.40. The highest BCUT2D eigenvalue weighted by Gasteiger charge is 2.14. The molecule has 1 heterocycles. The summed E-state index contributed by atoms with van der Waals surface area (Å²) in [6, 6.07) is 4.89. The second kappa shape index (κ2) is 5.04. The van der Waals surface area contributed by atoms with Gasteiger partial charge in [-0.2, -0.15) is 0 Å². The van der Waals surface area contributed by atoms with E-state index < -0.39 is 0 Å². The third kappa shape index (κ3) is 2.60. The maximum absolute atomic E-state index is 5.91. The van der Waals surface area contributed by atoms with Crippen LogP contribution < -0.4 is 5.73 Å². The van der Waals surface area contributed by atoms with Gasteiger partial charge in [-0.1, -0.05) is 30.1 Å². The van der Waals surface area contributed by atoms with Crippen LogP contribution in [0.2, 0.25) is 10.0 Å². The van der Waals surface area contributed by atoms with Crippen LogP contribution in [-0.2, 0) is 0 Å². The highest BCUT2D eigenvalue weighted by molar-refractivity contribution is 6.42. The summed E-state index contributed by atoms with van der Waals surface area (Å²) in [4.78, 5) is 0. The molecular weight excluding hydrogens is 261 g/mol. The number of hydrogen-bond donors (Lipinski definition) is 1. The van der Waals surface area contributed by atoms with Gasteiger partial charge in [-0.05, 0) is 24.6 Å². The molecule has 0 amide bonds. The molecule has 17 heavy (non-hydrogen) atoms. The standard InChI is InChI=1S/C11H11Cl2N3O/c1-2-9(14)11-16-15-10(17-11)6-3-4-7(12)8(13)5-6/h3-5,9H,2,14H2,1H3. The molecule has 0 saturated heterocycles. The minimum absolute atomic E-state index is 0.237.